The predicted octanol–water partition coefficient (Wildman–Crippen LogP) is 10.8. The average Bonchev–Trinajstić information content (AvgIpc) is 3.40. The van der Waals surface area contributed by atoms with Crippen LogP contribution in [0.4, 0.5) is 0 Å². The van der Waals surface area contributed by atoms with Crippen molar-refractivity contribution in [1.29, 1.82) is 0 Å². The Hall–Kier alpha value is -1.78. The summed E-state index contributed by atoms with van der Waals surface area (Å²) in [5.41, 5.74) is 0. The van der Waals surface area contributed by atoms with E-state index in [1.165, 1.54) is 116 Å². The highest BCUT2D eigenvalue weighted by molar-refractivity contribution is 5.69. The number of unbranched alkanes of at least 4 members (excludes halogenated alkanes) is 20. The smallest absolute Gasteiger partial charge is 0.306 e. The summed E-state index contributed by atoms with van der Waals surface area (Å²) in [6.45, 7) is 4.77. The van der Waals surface area contributed by atoms with Gasteiger partial charge in [-0.05, 0) is 25.0 Å². The van der Waals surface area contributed by atoms with Gasteiger partial charge in [-0.15, -0.1) is 0 Å². The van der Waals surface area contributed by atoms with E-state index in [0.29, 0.717) is 24.4 Å². The highest BCUT2D eigenvalue weighted by Gasteiger charge is 2.09. The zero-order chi connectivity index (χ0) is 28.2. The van der Waals surface area contributed by atoms with E-state index in [1.54, 1.807) is 12.1 Å². The number of hydrogen-bond donors (Lipinski definition) is 0. The van der Waals surface area contributed by atoms with E-state index in [0.717, 1.165) is 25.7 Å². The molecule has 1 aromatic heterocycles. The number of rotatable bonds is 28. The Morgan fingerprint density at radius 3 is 1.08 bits per heavy atom. The minimum absolute atomic E-state index is 0.129. The lowest BCUT2D eigenvalue weighted by molar-refractivity contribution is -0.145. The van der Waals surface area contributed by atoms with Crippen molar-refractivity contribution in [2.45, 2.75) is 181 Å². The van der Waals surface area contributed by atoms with Crippen LogP contribution in [0.15, 0.2) is 16.5 Å². The van der Waals surface area contributed by atoms with Crippen LogP contribution in [0.1, 0.15) is 179 Å². The molecule has 0 amide bonds. The summed E-state index contributed by atoms with van der Waals surface area (Å²) in [7, 11) is 0. The van der Waals surface area contributed by atoms with Crippen LogP contribution < -0.4 is 0 Å². The quantitative estimate of drug-likeness (QED) is 0.0769. The van der Waals surface area contributed by atoms with Crippen molar-refractivity contribution < 1.29 is 23.5 Å². The maximum atomic E-state index is 12.0. The molecule has 226 valence electrons. The van der Waals surface area contributed by atoms with Crippen molar-refractivity contribution >= 4 is 11.9 Å². The number of ether oxygens (including phenoxy) is 2. The molecule has 0 saturated heterocycles. The van der Waals surface area contributed by atoms with Crippen LogP contribution in [0.25, 0.3) is 0 Å². The molecular formula is C34H60O5. The second kappa shape index (κ2) is 26.4. The summed E-state index contributed by atoms with van der Waals surface area (Å²) in [6.07, 6.45) is 28.7. The van der Waals surface area contributed by atoms with Gasteiger partial charge in [-0.1, -0.05) is 142 Å². The number of hydrogen-bond acceptors (Lipinski definition) is 5. The summed E-state index contributed by atoms with van der Waals surface area (Å²) in [4.78, 5) is 24.0. The third-order valence-electron chi connectivity index (χ3n) is 7.44. The lowest BCUT2D eigenvalue weighted by Crippen LogP contribution is -2.04. The molecular weight excluding hydrogens is 488 g/mol. The fourth-order valence-corrected chi connectivity index (χ4v) is 4.89. The molecule has 1 aromatic rings. The summed E-state index contributed by atoms with van der Waals surface area (Å²) < 4.78 is 16.3. The van der Waals surface area contributed by atoms with E-state index in [2.05, 4.69) is 13.8 Å². The Labute approximate surface area is 240 Å². The molecule has 0 aliphatic rings. The predicted molar refractivity (Wildman–Crippen MR) is 160 cm³/mol. The van der Waals surface area contributed by atoms with E-state index >= 15 is 0 Å². The van der Waals surface area contributed by atoms with E-state index in [1.807, 2.05) is 0 Å². The van der Waals surface area contributed by atoms with E-state index in [9.17, 15) is 9.59 Å². The summed E-state index contributed by atoms with van der Waals surface area (Å²) in [6, 6.07) is 3.56. The highest BCUT2D eigenvalue weighted by Crippen LogP contribution is 2.15. The maximum absolute atomic E-state index is 12.0. The monoisotopic (exact) mass is 548 g/mol. The Balaban J connectivity index is 1.95. The zero-order valence-electron chi connectivity index (χ0n) is 25.6. The van der Waals surface area contributed by atoms with Crippen molar-refractivity contribution in [2.75, 3.05) is 0 Å². The number of furan rings is 1. The van der Waals surface area contributed by atoms with Crippen molar-refractivity contribution in [3.63, 3.8) is 0 Å². The van der Waals surface area contributed by atoms with Gasteiger partial charge >= 0.3 is 11.9 Å². The van der Waals surface area contributed by atoms with Gasteiger partial charge < -0.3 is 13.9 Å². The van der Waals surface area contributed by atoms with Gasteiger partial charge in [0.1, 0.15) is 24.7 Å². The zero-order valence-corrected chi connectivity index (χ0v) is 25.6. The first-order valence-corrected chi connectivity index (χ1v) is 16.5. The van der Waals surface area contributed by atoms with Crippen molar-refractivity contribution in [1.82, 2.24) is 0 Å². The minimum atomic E-state index is -0.178. The first kappa shape index (κ1) is 35.2. The van der Waals surface area contributed by atoms with E-state index in [-0.39, 0.29) is 25.2 Å². The summed E-state index contributed by atoms with van der Waals surface area (Å²) in [5.74, 6) is 0.807. The standard InChI is InChI=1S/C34H60O5/c1-3-5-7-9-11-13-15-17-19-21-23-25-33(35)37-29-31-27-28-32(39-31)30-38-34(36)26-24-22-20-18-16-14-12-10-8-6-4-2/h27-28H,3-26,29-30H2,1-2H3. The molecule has 0 spiro atoms. The lowest BCUT2D eigenvalue weighted by Gasteiger charge is -2.05. The van der Waals surface area contributed by atoms with Gasteiger partial charge in [0.25, 0.3) is 0 Å². The Morgan fingerprint density at radius 2 is 0.769 bits per heavy atom. The second-order valence-electron chi connectivity index (χ2n) is 11.3. The van der Waals surface area contributed by atoms with Crippen LogP contribution in [-0.4, -0.2) is 11.9 Å². The highest BCUT2D eigenvalue weighted by atomic mass is 16.6. The van der Waals surface area contributed by atoms with Gasteiger partial charge in [-0.3, -0.25) is 9.59 Å². The fraction of sp³-hybridized carbons (Fsp3) is 0.824. The molecule has 5 nitrogen and oxygen atoms in total. The molecule has 0 saturated carbocycles. The van der Waals surface area contributed by atoms with Gasteiger partial charge in [0.15, 0.2) is 0 Å². The first-order valence-electron chi connectivity index (χ1n) is 16.5. The lowest BCUT2D eigenvalue weighted by atomic mass is 10.1. The second-order valence-corrected chi connectivity index (χ2v) is 11.3. The molecule has 0 N–H and O–H groups in total. The molecule has 0 atom stereocenters. The van der Waals surface area contributed by atoms with Gasteiger partial charge in [-0.25, -0.2) is 0 Å². The molecule has 0 fully saturated rings. The molecule has 0 bridgehead atoms. The van der Waals surface area contributed by atoms with Crippen molar-refractivity contribution in [2.24, 2.45) is 0 Å². The molecule has 0 radical (unpaired) electrons. The van der Waals surface area contributed by atoms with E-state index < -0.39 is 0 Å². The van der Waals surface area contributed by atoms with Crippen LogP contribution in [0.5, 0.6) is 0 Å². The number of carbonyl (C=O) groups is 2. The molecule has 5 heteroatoms. The van der Waals surface area contributed by atoms with Crippen LogP contribution in [0.2, 0.25) is 0 Å². The van der Waals surface area contributed by atoms with Crippen LogP contribution >= 0.6 is 0 Å². The molecule has 1 heterocycles. The van der Waals surface area contributed by atoms with Crippen LogP contribution in [0.3, 0.4) is 0 Å². The molecule has 1 rings (SSSR count). The number of carbonyl (C=O) groups excluding carboxylic acids is 2. The maximum Gasteiger partial charge on any atom is 0.306 e. The van der Waals surface area contributed by atoms with Gasteiger partial charge in [0.2, 0.25) is 0 Å². The molecule has 39 heavy (non-hydrogen) atoms. The average molecular weight is 549 g/mol. The van der Waals surface area contributed by atoms with Crippen molar-refractivity contribution in [3.05, 3.63) is 23.7 Å². The summed E-state index contributed by atoms with van der Waals surface area (Å²) >= 11 is 0. The summed E-state index contributed by atoms with van der Waals surface area (Å²) in [5, 5.41) is 0. The Bertz CT molecular complexity index is 639. The SMILES string of the molecule is CCCCCCCCCCCCCC(=O)OCc1ccc(COC(=O)CCCCCCCCCCCCC)o1. The third-order valence-corrected chi connectivity index (χ3v) is 7.44. The minimum Gasteiger partial charge on any atom is -0.459 e. The normalized spacial score (nSPS) is 11.1. The molecule has 0 aromatic carbocycles. The Kier molecular flexibility index (Phi) is 23.9. The van der Waals surface area contributed by atoms with Gasteiger partial charge in [0, 0.05) is 12.8 Å². The molecule has 0 aliphatic heterocycles. The van der Waals surface area contributed by atoms with Crippen molar-refractivity contribution in [3.8, 4) is 0 Å². The topological polar surface area (TPSA) is 65.7 Å². The number of esters is 2. The van der Waals surface area contributed by atoms with Crippen LogP contribution in [-0.2, 0) is 32.3 Å². The van der Waals surface area contributed by atoms with Crippen LogP contribution in [0, 0.1) is 0 Å². The van der Waals surface area contributed by atoms with E-state index in [4.69, 9.17) is 13.9 Å². The third kappa shape index (κ3) is 22.7. The first-order chi connectivity index (χ1) is 19.2. The van der Waals surface area contributed by atoms with Gasteiger partial charge in [0.05, 0.1) is 0 Å². The Morgan fingerprint density at radius 1 is 0.487 bits per heavy atom. The fourth-order valence-electron chi connectivity index (χ4n) is 4.89. The van der Waals surface area contributed by atoms with Gasteiger partial charge in [-0.2, -0.15) is 0 Å². The molecule has 0 aliphatic carbocycles. The molecule has 0 unspecified atom stereocenters. The largest absolute Gasteiger partial charge is 0.459 e.